The molecule has 1 aromatic rings. The van der Waals surface area contributed by atoms with Crippen LogP contribution in [0.4, 0.5) is 0 Å². The largest absolute Gasteiger partial charge is 0.461 e. The van der Waals surface area contributed by atoms with E-state index in [1.165, 1.54) is 0 Å². The lowest BCUT2D eigenvalue weighted by atomic mass is 9.89. The van der Waals surface area contributed by atoms with E-state index < -0.39 is 0 Å². The summed E-state index contributed by atoms with van der Waals surface area (Å²) in [5.74, 6) is 0.117. The molecule has 1 aliphatic rings. The van der Waals surface area contributed by atoms with Crippen molar-refractivity contribution in [2.75, 3.05) is 19.7 Å². The molecule has 19 heavy (non-hydrogen) atoms. The van der Waals surface area contributed by atoms with Gasteiger partial charge >= 0.3 is 5.97 Å². The van der Waals surface area contributed by atoms with Gasteiger partial charge in [-0.3, -0.25) is 0 Å². The number of hydrogen-bond acceptors (Lipinski definition) is 4. The molecule has 1 aliphatic heterocycles. The molecular formula is C13H20Cl2N2O2. The predicted octanol–water partition coefficient (Wildman–Crippen LogP) is 2.57. The molecule has 1 fully saturated rings. The Hall–Kier alpha value is -0.840. The smallest absolute Gasteiger partial charge is 0.357 e. The number of rotatable bonds is 3. The summed E-state index contributed by atoms with van der Waals surface area (Å²) in [6.07, 6.45) is 3.76. The van der Waals surface area contributed by atoms with E-state index in [9.17, 15) is 4.79 Å². The maximum absolute atomic E-state index is 11.8. The van der Waals surface area contributed by atoms with Gasteiger partial charge in [-0.1, -0.05) is 6.07 Å². The average molecular weight is 307 g/mol. The fourth-order valence-electron chi connectivity index (χ4n) is 2.25. The highest BCUT2D eigenvalue weighted by Gasteiger charge is 2.22. The van der Waals surface area contributed by atoms with Crippen molar-refractivity contribution in [1.82, 2.24) is 10.3 Å². The number of carbonyl (C=O) groups excluding carboxylic acids is 1. The van der Waals surface area contributed by atoms with Gasteiger partial charge < -0.3 is 10.1 Å². The lowest BCUT2D eigenvalue weighted by Gasteiger charge is -2.23. The summed E-state index contributed by atoms with van der Waals surface area (Å²) in [5.41, 5.74) is 1.52. The molecule has 2 rings (SSSR count). The highest BCUT2D eigenvalue weighted by Crippen LogP contribution is 2.27. The number of nitrogens with one attached hydrogen (secondary N) is 1. The van der Waals surface area contributed by atoms with Crippen molar-refractivity contribution in [1.29, 1.82) is 0 Å². The van der Waals surface area contributed by atoms with Crippen molar-refractivity contribution in [2.45, 2.75) is 25.7 Å². The Morgan fingerprint density at radius 1 is 1.42 bits per heavy atom. The summed E-state index contributed by atoms with van der Waals surface area (Å²) < 4.78 is 5.04. The Bertz CT molecular complexity index is 396. The number of piperidine rings is 1. The van der Waals surface area contributed by atoms with Gasteiger partial charge in [0.25, 0.3) is 0 Å². The molecule has 0 aromatic carbocycles. The van der Waals surface area contributed by atoms with Crippen molar-refractivity contribution < 1.29 is 9.53 Å². The molecule has 0 spiro atoms. The van der Waals surface area contributed by atoms with Crippen LogP contribution < -0.4 is 5.32 Å². The Balaban J connectivity index is 0.00000162. The van der Waals surface area contributed by atoms with Crippen molar-refractivity contribution in [3.8, 4) is 0 Å². The van der Waals surface area contributed by atoms with Gasteiger partial charge in [-0.2, -0.15) is 0 Å². The third kappa shape index (κ3) is 4.64. The normalized spacial score (nSPS) is 15.0. The van der Waals surface area contributed by atoms with Gasteiger partial charge in [0.15, 0.2) is 5.69 Å². The van der Waals surface area contributed by atoms with Gasteiger partial charge in [-0.15, -0.1) is 24.8 Å². The number of pyridine rings is 1. The number of nitrogens with zero attached hydrogens (tertiary/aromatic N) is 1. The third-order valence-electron chi connectivity index (χ3n) is 3.09. The van der Waals surface area contributed by atoms with E-state index in [0.717, 1.165) is 31.5 Å². The molecule has 1 N–H and O–H groups in total. The zero-order valence-corrected chi connectivity index (χ0v) is 12.6. The van der Waals surface area contributed by atoms with Crippen LogP contribution in [0.5, 0.6) is 0 Å². The number of esters is 1. The molecule has 1 aromatic heterocycles. The van der Waals surface area contributed by atoms with Crippen LogP contribution >= 0.6 is 24.8 Å². The second-order valence-electron chi connectivity index (χ2n) is 4.19. The summed E-state index contributed by atoms with van der Waals surface area (Å²) in [7, 11) is 0. The zero-order chi connectivity index (χ0) is 12.1. The van der Waals surface area contributed by atoms with E-state index in [1.807, 2.05) is 19.1 Å². The molecular weight excluding hydrogens is 287 g/mol. The van der Waals surface area contributed by atoms with Gasteiger partial charge in [0, 0.05) is 6.20 Å². The second kappa shape index (κ2) is 9.13. The van der Waals surface area contributed by atoms with E-state index in [4.69, 9.17) is 4.74 Å². The van der Waals surface area contributed by atoms with Crippen molar-refractivity contribution in [3.63, 3.8) is 0 Å². The molecule has 108 valence electrons. The number of aromatic nitrogens is 1. The van der Waals surface area contributed by atoms with Crippen molar-refractivity contribution >= 4 is 30.8 Å². The Morgan fingerprint density at radius 3 is 2.74 bits per heavy atom. The number of carbonyl (C=O) groups is 1. The molecule has 0 amide bonds. The molecule has 2 heterocycles. The van der Waals surface area contributed by atoms with Crippen LogP contribution in [0, 0.1) is 0 Å². The van der Waals surface area contributed by atoms with E-state index in [2.05, 4.69) is 10.3 Å². The maximum Gasteiger partial charge on any atom is 0.357 e. The van der Waals surface area contributed by atoms with Gasteiger partial charge in [-0.05, 0) is 50.4 Å². The minimum atomic E-state index is -0.304. The number of halogens is 2. The first-order chi connectivity index (χ1) is 8.33. The van der Waals surface area contributed by atoms with Gasteiger partial charge in [0.1, 0.15) is 0 Å². The molecule has 0 radical (unpaired) electrons. The highest BCUT2D eigenvalue weighted by molar-refractivity contribution is 5.89. The van der Waals surface area contributed by atoms with E-state index in [-0.39, 0.29) is 30.8 Å². The van der Waals surface area contributed by atoms with Crippen LogP contribution in [0.2, 0.25) is 0 Å². The lowest BCUT2D eigenvalue weighted by molar-refractivity contribution is 0.0517. The maximum atomic E-state index is 11.8. The summed E-state index contributed by atoms with van der Waals surface area (Å²) in [4.78, 5) is 16.0. The zero-order valence-electron chi connectivity index (χ0n) is 10.9. The number of hydrogen-bond donors (Lipinski definition) is 1. The SMILES string of the molecule is CCOC(=O)c1ncccc1C1CCNCC1.Cl.Cl. The Morgan fingerprint density at radius 2 is 2.11 bits per heavy atom. The van der Waals surface area contributed by atoms with E-state index in [0.29, 0.717) is 18.2 Å². The monoisotopic (exact) mass is 306 g/mol. The second-order valence-corrected chi connectivity index (χ2v) is 4.19. The van der Waals surface area contributed by atoms with Crippen LogP contribution in [0.15, 0.2) is 18.3 Å². The first kappa shape index (κ1) is 18.2. The van der Waals surface area contributed by atoms with E-state index >= 15 is 0 Å². The Kier molecular flexibility index (Phi) is 8.72. The molecule has 0 aliphatic carbocycles. The molecule has 4 nitrogen and oxygen atoms in total. The predicted molar refractivity (Wildman–Crippen MR) is 79.5 cm³/mol. The fourth-order valence-corrected chi connectivity index (χ4v) is 2.25. The summed E-state index contributed by atoms with van der Waals surface area (Å²) >= 11 is 0. The molecule has 0 saturated carbocycles. The standard InChI is InChI=1S/C13H18N2O2.2ClH/c1-2-17-13(16)12-11(4-3-7-15-12)10-5-8-14-9-6-10;;/h3-4,7,10,14H,2,5-6,8-9H2,1H3;2*1H. The van der Waals surface area contributed by atoms with E-state index in [1.54, 1.807) is 6.20 Å². The minimum absolute atomic E-state index is 0. The fraction of sp³-hybridized carbons (Fsp3) is 0.538. The first-order valence-electron chi connectivity index (χ1n) is 6.15. The lowest BCUT2D eigenvalue weighted by Crippen LogP contribution is -2.27. The molecule has 0 unspecified atom stereocenters. The summed E-state index contributed by atoms with van der Waals surface area (Å²) in [6.45, 7) is 4.20. The van der Waals surface area contributed by atoms with Gasteiger partial charge in [0.05, 0.1) is 6.61 Å². The minimum Gasteiger partial charge on any atom is -0.461 e. The van der Waals surface area contributed by atoms with Crippen LogP contribution in [-0.2, 0) is 4.74 Å². The van der Waals surface area contributed by atoms with Gasteiger partial charge in [0.2, 0.25) is 0 Å². The molecule has 0 bridgehead atoms. The number of ether oxygens (including phenoxy) is 1. The topological polar surface area (TPSA) is 51.2 Å². The van der Waals surface area contributed by atoms with Crippen LogP contribution in [0.3, 0.4) is 0 Å². The van der Waals surface area contributed by atoms with Crippen molar-refractivity contribution in [2.24, 2.45) is 0 Å². The Labute approximate surface area is 126 Å². The summed E-state index contributed by atoms with van der Waals surface area (Å²) in [5, 5.41) is 3.32. The molecule has 6 heteroatoms. The van der Waals surface area contributed by atoms with Crippen LogP contribution in [0.25, 0.3) is 0 Å². The van der Waals surface area contributed by atoms with Crippen LogP contribution in [0.1, 0.15) is 41.7 Å². The molecule has 0 atom stereocenters. The van der Waals surface area contributed by atoms with Gasteiger partial charge in [-0.25, -0.2) is 9.78 Å². The quantitative estimate of drug-likeness (QED) is 0.872. The average Bonchev–Trinajstić information content (AvgIpc) is 2.40. The summed E-state index contributed by atoms with van der Waals surface area (Å²) in [6, 6.07) is 3.88. The molecule has 1 saturated heterocycles. The third-order valence-corrected chi connectivity index (χ3v) is 3.09. The van der Waals surface area contributed by atoms with Crippen molar-refractivity contribution in [3.05, 3.63) is 29.6 Å². The first-order valence-corrected chi connectivity index (χ1v) is 6.15. The van der Waals surface area contributed by atoms with Crippen LogP contribution in [-0.4, -0.2) is 30.6 Å². The highest BCUT2D eigenvalue weighted by atomic mass is 35.5.